The summed E-state index contributed by atoms with van der Waals surface area (Å²) >= 11 is 0. The predicted molar refractivity (Wildman–Crippen MR) is 129 cm³/mol. The molecule has 2 amide bonds. The number of methoxy groups -OCH3 is 3. The molecule has 0 bridgehead atoms. The number of amides is 2. The van der Waals surface area contributed by atoms with Crippen molar-refractivity contribution in [2.75, 3.05) is 32.8 Å². The molecule has 1 aliphatic heterocycles. The van der Waals surface area contributed by atoms with Crippen LogP contribution in [0, 0.1) is 5.92 Å². The lowest BCUT2D eigenvalue weighted by Crippen LogP contribution is -2.51. The van der Waals surface area contributed by atoms with Gasteiger partial charge in [0.25, 0.3) is 0 Å². The Labute approximate surface area is 201 Å². The smallest absolute Gasteiger partial charge is 0.414 e. The molecular weight excluding hydrogens is 436 g/mol. The van der Waals surface area contributed by atoms with Gasteiger partial charge in [0, 0.05) is 24.2 Å². The second-order valence-electron chi connectivity index (χ2n) is 8.48. The molecular formula is C26H34N2O6. The summed E-state index contributed by atoms with van der Waals surface area (Å²) in [5.74, 6) is 1.11. The largest absolute Gasteiger partial charge is 0.493 e. The van der Waals surface area contributed by atoms with Crippen LogP contribution in [0.4, 0.5) is 15.3 Å². The van der Waals surface area contributed by atoms with Crippen LogP contribution in [0.25, 0.3) is 0 Å². The van der Waals surface area contributed by atoms with Crippen LogP contribution in [-0.4, -0.2) is 51.1 Å². The SMILES string of the molecule is CCOC(=O)N1c2cc(OC)c(OC)cc2[C@H](N(Cc2ccccc2)C(=O)OC)C[C@H]1C(C)C. The van der Waals surface area contributed by atoms with E-state index in [2.05, 4.69) is 13.8 Å². The van der Waals surface area contributed by atoms with Crippen molar-refractivity contribution in [1.29, 1.82) is 0 Å². The maximum absolute atomic E-state index is 13.1. The summed E-state index contributed by atoms with van der Waals surface area (Å²) in [5, 5.41) is 0. The Balaban J connectivity index is 2.20. The molecule has 0 saturated carbocycles. The number of ether oxygens (including phenoxy) is 4. The normalized spacial score (nSPS) is 17.1. The molecule has 8 heteroatoms. The fourth-order valence-electron chi connectivity index (χ4n) is 4.49. The highest BCUT2D eigenvalue weighted by Gasteiger charge is 2.43. The van der Waals surface area contributed by atoms with E-state index in [1.807, 2.05) is 36.4 Å². The maximum atomic E-state index is 13.1. The molecule has 0 saturated heterocycles. The minimum absolute atomic E-state index is 0.101. The van der Waals surface area contributed by atoms with Crippen molar-refractivity contribution < 1.29 is 28.5 Å². The highest BCUT2D eigenvalue weighted by Crippen LogP contribution is 2.47. The van der Waals surface area contributed by atoms with E-state index in [4.69, 9.17) is 18.9 Å². The lowest BCUT2D eigenvalue weighted by atomic mass is 9.85. The summed E-state index contributed by atoms with van der Waals surface area (Å²) < 4.78 is 21.7. The van der Waals surface area contributed by atoms with Crippen LogP contribution in [0.3, 0.4) is 0 Å². The summed E-state index contributed by atoms with van der Waals surface area (Å²) in [4.78, 5) is 29.5. The van der Waals surface area contributed by atoms with Crippen LogP contribution >= 0.6 is 0 Å². The average molecular weight is 471 g/mol. The molecule has 2 aromatic carbocycles. The molecule has 0 N–H and O–H groups in total. The van der Waals surface area contributed by atoms with Crippen LogP contribution in [0.5, 0.6) is 11.5 Å². The Morgan fingerprint density at radius 1 is 1.06 bits per heavy atom. The number of hydrogen-bond acceptors (Lipinski definition) is 6. The molecule has 0 spiro atoms. The summed E-state index contributed by atoms with van der Waals surface area (Å²) in [6.45, 7) is 6.51. The van der Waals surface area contributed by atoms with Crippen molar-refractivity contribution in [1.82, 2.24) is 4.90 Å². The third-order valence-corrected chi connectivity index (χ3v) is 6.16. The van der Waals surface area contributed by atoms with Crippen LogP contribution in [0.1, 0.15) is 44.4 Å². The van der Waals surface area contributed by atoms with Crippen molar-refractivity contribution in [3.8, 4) is 11.5 Å². The number of fused-ring (bicyclic) bond motifs is 1. The van der Waals surface area contributed by atoms with E-state index in [0.717, 1.165) is 11.1 Å². The van der Waals surface area contributed by atoms with Crippen LogP contribution in [-0.2, 0) is 16.0 Å². The zero-order chi connectivity index (χ0) is 24.8. The molecule has 2 aromatic rings. The summed E-state index contributed by atoms with van der Waals surface area (Å²) in [6.07, 6.45) is -0.358. The first kappa shape index (κ1) is 25.2. The van der Waals surface area contributed by atoms with Gasteiger partial charge < -0.3 is 18.9 Å². The molecule has 1 aliphatic rings. The van der Waals surface area contributed by atoms with Crippen molar-refractivity contribution in [2.45, 2.75) is 45.8 Å². The van der Waals surface area contributed by atoms with Gasteiger partial charge in [0.2, 0.25) is 0 Å². The number of nitrogens with zero attached hydrogens (tertiary/aromatic N) is 2. The van der Waals surface area contributed by atoms with Gasteiger partial charge in [-0.3, -0.25) is 9.80 Å². The Morgan fingerprint density at radius 2 is 1.71 bits per heavy atom. The molecule has 34 heavy (non-hydrogen) atoms. The molecule has 1 heterocycles. The first-order valence-corrected chi connectivity index (χ1v) is 11.5. The fraction of sp³-hybridized carbons (Fsp3) is 0.462. The molecule has 0 fully saturated rings. The van der Waals surface area contributed by atoms with E-state index < -0.39 is 12.2 Å². The van der Waals surface area contributed by atoms with Crippen LogP contribution < -0.4 is 14.4 Å². The zero-order valence-corrected chi connectivity index (χ0v) is 20.7. The summed E-state index contributed by atoms with van der Waals surface area (Å²) in [7, 11) is 4.49. The van der Waals surface area contributed by atoms with Gasteiger partial charge >= 0.3 is 12.2 Å². The van der Waals surface area contributed by atoms with Gasteiger partial charge in [-0.05, 0) is 30.9 Å². The summed E-state index contributed by atoms with van der Waals surface area (Å²) in [6, 6.07) is 12.8. The van der Waals surface area contributed by atoms with Crippen molar-refractivity contribution >= 4 is 17.9 Å². The molecule has 184 valence electrons. The Kier molecular flexibility index (Phi) is 8.26. The minimum atomic E-state index is -0.443. The van der Waals surface area contributed by atoms with E-state index >= 15 is 0 Å². The summed E-state index contributed by atoms with van der Waals surface area (Å²) in [5.41, 5.74) is 2.38. The lowest BCUT2D eigenvalue weighted by molar-refractivity contribution is 0.0911. The van der Waals surface area contributed by atoms with Crippen molar-refractivity contribution in [3.63, 3.8) is 0 Å². The third-order valence-electron chi connectivity index (χ3n) is 6.16. The predicted octanol–water partition coefficient (Wildman–Crippen LogP) is 5.40. The van der Waals surface area contributed by atoms with E-state index in [1.165, 1.54) is 7.11 Å². The van der Waals surface area contributed by atoms with E-state index in [-0.39, 0.29) is 24.6 Å². The van der Waals surface area contributed by atoms with Gasteiger partial charge in [-0.1, -0.05) is 44.2 Å². The van der Waals surface area contributed by atoms with Gasteiger partial charge in [-0.2, -0.15) is 0 Å². The zero-order valence-electron chi connectivity index (χ0n) is 20.7. The monoisotopic (exact) mass is 470 g/mol. The standard InChI is InChI=1S/C26H34N2O6/c1-7-34-26(30)28-20(17(2)3)14-21(19-13-23(31-4)24(32-5)15-22(19)28)27(25(29)33-6)16-18-11-9-8-10-12-18/h8-13,15,17,20-21H,7,14,16H2,1-6H3/t20-,21+/m0/s1. The van der Waals surface area contributed by atoms with E-state index in [1.54, 1.807) is 37.0 Å². The third kappa shape index (κ3) is 5.05. The minimum Gasteiger partial charge on any atom is -0.493 e. The van der Waals surface area contributed by atoms with Gasteiger partial charge in [0.15, 0.2) is 11.5 Å². The molecule has 0 radical (unpaired) electrons. The number of carbonyl (C=O) groups excluding carboxylic acids is 2. The number of carbonyl (C=O) groups is 2. The van der Waals surface area contributed by atoms with Gasteiger partial charge in [-0.15, -0.1) is 0 Å². The van der Waals surface area contributed by atoms with Gasteiger partial charge in [0.05, 0.1) is 39.7 Å². The van der Waals surface area contributed by atoms with Gasteiger partial charge in [0.1, 0.15) is 0 Å². The Bertz CT molecular complexity index is 994. The molecule has 2 atom stereocenters. The molecule has 0 aromatic heterocycles. The van der Waals surface area contributed by atoms with Crippen molar-refractivity contribution in [3.05, 3.63) is 53.6 Å². The van der Waals surface area contributed by atoms with Crippen LogP contribution in [0.2, 0.25) is 0 Å². The second kappa shape index (κ2) is 11.1. The van der Waals surface area contributed by atoms with Crippen molar-refractivity contribution in [2.24, 2.45) is 5.92 Å². The van der Waals surface area contributed by atoms with E-state index in [0.29, 0.717) is 30.2 Å². The lowest BCUT2D eigenvalue weighted by Gasteiger charge is -2.45. The maximum Gasteiger partial charge on any atom is 0.414 e. The van der Waals surface area contributed by atoms with Crippen LogP contribution in [0.15, 0.2) is 42.5 Å². The average Bonchev–Trinajstić information content (AvgIpc) is 2.85. The number of benzene rings is 2. The highest BCUT2D eigenvalue weighted by atomic mass is 16.6. The first-order valence-electron chi connectivity index (χ1n) is 11.5. The topological polar surface area (TPSA) is 77.5 Å². The van der Waals surface area contributed by atoms with Gasteiger partial charge in [-0.25, -0.2) is 9.59 Å². The second-order valence-corrected chi connectivity index (χ2v) is 8.48. The fourth-order valence-corrected chi connectivity index (χ4v) is 4.49. The molecule has 0 unspecified atom stereocenters. The number of rotatable bonds is 7. The quantitative estimate of drug-likeness (QED) is 0.539. The molecule has 3 rings (SSSR count). The Hall–Kier alpha value is -3.42. The highest BCUT2D eigenvalue weighted by molar-refractivity contribution is 5.91. The molecule has 8 nitrogen and oxygen atoms in total. The first-order chi connectivity index (χ1) is 16.4. The number of hydrogen-bond donors (Lipinski definition) is 0. The Morgan fingerprint density at radius 3 is 2.26 bits per heavy atom. The molecule has 0 aliphatic carbocycles. The number of anilines is 1. The van der Waals surface area contributed by atoms with E-state index in [9.17, 15) is 9.59 Å².